The lowest BCUT2D eigenvalue weighted by Gasteiger charge is -2.13. The van der Waals surface area contributed by atoms with Crippen molar-refractivity contribution >= 4 is 54.4 Å². The topological polar surface area (TPSA) is 18.5 Å². The summed E-state index contributed by atoms with van der Waals surface area (Å²) in [6, 6.07) is 3.21. The number of benzene rings is 2. The number of rotatable bonds is 8. The molecule has 0 aliphatic rings. The monoisotopic (exact) mass is 529 g/mol. The van der Waals surface area contributed by atoms with E-state index in [0.29, 0.717) is 31.2 Å². The molecule has 0 bridgehead atoms. The molecule has 0 N–H and O–H groups in total. The molecule has 0 heterocycles. The normalized spacial score (nSPS) is 12.1. The number of thioether (sulfide) groups is 2. The van der Waals surface area contributed by atoms with Gasteiger partial charge in [-0.1, -0.05) is 23.2 Å². The van der Waals surface area contributed by atoms with Gasteiger partial charge in [0.2, 0.25) is 0 Å². The van der Waals surface area contributed by atoms with E-state index in [0.717, 1.165) is 24.3 Å². The van der Waals surface area contributed by atoms with Crippen LogP contribution >= 0.6 is 46.7 Å². The van der Waals surface area contributed by atoms with Gasteiger partial charge in [0.05, 0.1) is 21.6 Å². The average molecular weight is 530 g/mol. The Morgan fingerprint density at radius 2 is 1.06 bits per heavy atom. The first kappa shape index (κ1) is 26.1. The van der Waals surface area contributed by atoms with Crippen LogP contribution in [0.2, 0.25) is 10.0 Å². The van der Waals surface area contributed by atoms with Crippen molar-refractivity contribution in [2.24, 2.45) is 0 Å². The van der Waals surface area contributed by atoms with Crippen molar-refractivity contribution in [1.82, 2.24) is 0 Å². The van der Waals surface area contributed by atoms with Gasteiger partial charge in [0.15, 0.2) is 11.6 Å². The standard InChI is InChI=1S/C16H8BCl2F8O2S2/c18-7-1-9(20)11(3-13(7)30-5-15(22,23)24)28-17-29-12-4-14(8(19)2-10(12)21)31-6-16(25,26)27/h1-4H,5-6H2. The molecule has 0 amide bonds. The second-order valence-corrected chi connectivity index (χ2v) is 8.41. The Labute approximate surface area is 189 Å². The van der Waals surface area contributed by atoms with Gasteiger partial charge in [-0.3, -0.25) is 0 Å². The summed E-state index contributed by atoms with van der Waals surface area (Å²) >= 11 is 12.0. The summed E-state index contributed by atoms with van der Waals surface area (Å²) in [5.41, 5.74) is 0. The van der Waals surface area contributed by atoms with Crippen LogP contribution in [0.1, 0.15) is 0 Å². The van der Waals surface area contributed by atoms with Gasteiger partial charge in [0, 0.05) is 9.79 Å². The first-order valence-corrected chi connectivity index (χ1v) is 10.5. The van der Waals surface area contributed by atoms with E-state index >= 15 is 0 Å². The molecule has 2 aromatic carbocycles. The minimum absolute atomic E-state index is 0.132. The quantitative estimate of drug-likeness (QED) is 0.199. The molecule has 0 aliphatic heterocycles. The molecule has 2 rings (SSSR count). The number of hydrogen-bond acceptors (Lipinski definition) is 4. The maximum absolute atomic E-state index is 13.9. The number of hydrogen-bond donors (Lipinski definition) is 0. The van der Waals surface area contributed by atoms with Gasteiger partial charge in [-0.2, -0.15) is 26.3 Å². The van der Waals surface area contributed by atoms with E-state index in [1.165, 1.54) is 0 Å². The first-order valence-electron chi connectivity index (χ1n) is 7.77. The van der Waals surface area contributed by atoms with Crippen molar-refractivity contribution in [3.05, 3.63) is 45.9 Å². The van der Waals surface area contributed by atoms with Gasteiger partial charge >= 0.3 is 20.0 Å². The van der Waals surface area contributed by atoms with Crippen LogP contribution in [0.25, 0.3) is 0 Å². The van der Waals surface area contributed by atoms with Gasteiger partial charge in [-0.05, 0) is 24.3 Å². The zero-order valence-corrected chi connectivity index (χ0v) is 17.9. The molecule has 31 heavy (non-hydrogen) atoms. The van der Waals surface area contributed by atoms with Crippen molar-refractivity contribution in [2.75, 3.05) is 11.5 Å². The fraction of sp³-hybridized carbons (Fsp3) is 0.250. The molecule has 0 unspecified atom stereocenters. The van der Waals surface area contributed by atoms with E-state index < -0.39 is 47.0 Å². The fourth-order valence-corrected chi connectivity index (χ4v) is 3.91. The van der Waals surface area contributed by atoms with Crippen LogP contribution in [0.4, 0.5) is 35.1 Å². The van der Waals surface area contributed by atoms with Crippen molar-refractivity contribution in [3.63, 3.8) is 0 Å². The molecule has 0 atom stereocenters. The van der Waals surface area contributed by atoms with Gasteiger partial charge in [0.25, 0.3) is 0 Å². The summed E-state index contributed by atoms with van der Waals surface area (Å²) in [5, 5.41) is -0.565. The van der Waals surface area contributed by atoms with E-state index in [9.17, 15) is 35.1 Å². The molecule has 0 spiro atoms. The van der Waals surface area contributed by atoms with Crippen LogP contribution in [-0.2, 0) is 0 Å². The molecule has 15 heteroatoms. The Hall–Kier alpha value is -1.18. The van der Waals surface area contributed by atoms with E-state index in [2.05, 4.69) is 0 Å². The molecule has 2 aromatic rings. The van der Waals surface area contributed by atoms with Crippen LogP contribution in [-0.4, -0.2) is 31.5 Å². The highest BCUT2D eigenvalue weighted by Crippen LogP contribution is 2.37. The Morgan fingerprint density at radius 3 is 1.39 bits per heavy atom. The highest BCUT2D eigenvalue weighted by atomic mass is 35.5. The van der Waals surface area contributed by atoms with E-state index in [-0.39, 0.29) is 19.8 Å². The molecule has 169 valence electrons. The summed E-state index contributed by atoms with van der Waals surface area (Å²) in [6.45, 7) is 0. The molecule has 2 nitrogen and oxygen atoms in total. The Morgan fingerprint density at radius 1 is 0.710 bits per heavy atom. The Bertz CT molecular complexity index is 854. The minimum Gasteiger partial charge on any atom is -0.524 e. The summed E-state index contributed by atoms with van der Waals surface area (Å²) in [6.07, 6.45) is -8.99. The third kappa shape index (κ3) is 8.70. The highest BCUT2D eigenvalue weighted by molar-refractivity contribution is 7.99. The van der Waals surface area contributed by atoms with Crippen molar-refractivity contribution in [1.29, 1.82) is 0 Å². The molecular formula is C16H8BCl2F8O2S2. The van der Waals surface area contributed by atoms with Crippen LogP contribution in [0, 0.1) is 11.6 Å². The molecule has 0 saturated heterocycles. The zero-order valence-electron chi connectivity index (χ0n) is 14.7. The smallest absolute Gasteiger partial charge is 0.524 e. The predicted octanol–water partition coefficient (Wildman–Crippen LogP) is 7.57. The lowest BCUT2D eigenvalue weighted by Crippen LogP contribution is -2.13. The highest BCUT2D eigenvalue weighted by Gasteiger charge is 2.29. The summed E-state index contributed by atoms with van der Waals surface area (Å²) in [5.74, 6) is -5.80. The lowest BCUT2D eigenvalue weighted by molar-refractivity contribution is -0.106. The van der Waals surface area contributed by atoms with Crippen LogP contribution in [0.15, 0.2) is 34.1 Å². The molecular weight excluding hydrogens is 522 g/mol. The average Bonchev–Trinajstić information content (AvgIpc) is 2.61. The van der Waals surface area contributed by atoms with Crippen LogP contribution in [0.5, 0.6) is 11.5 Å². The molecule has 0 aliphatic carbocycles. The number of alkyl halides is 6. The van der Waals surface area contributed by atoms with Gasteiger partial charge < -0.3 is 9.31 Å². The SMILES string of the molecule is Fc1cc(Cl)c(SCC(F)(F)F)cc1O[B]Oc1cc(SCC(F)(F)F)c(Cl)cc1F. The van der Waals surface area contributed by atoms with E-state index in [1.54, 1.807) is 0 Å². The molecule has 0 saturated carbocycles. The van der Waals surface area contributed by atoms with Gasteiger partial charge in [-0.15, -0.1) is 23.5 Å². The maximum atomic E-state index is 13.9. The summed E-state index contributed by atoms with van der Waals surface area (Å²) in [7, 11) is 0.453. The predicted molar refractivity (Wildman–Crippen MR) is 103 cm³/mol. The van der Waals surface area contributed by atoms with E-state index in [4.69, 9.17) is 32.5 Å². The van der Waals surface area contributed by atoms with Crippen molar-refractivity contribution < 1.29 is 44.4 Å². The van der Waals surface area contributed by atoms with Crippen LogP contribution in [0.3, 0.4) is 0 Å². The lowest BCUT2D eigenvalue weighted by atomic mass is 10.2. The second-order valence-electron chi connectivity index (χ2n) is 5.57. The molecule has 0 fully saturated rings. The number of halogens is 10. The largest absolute Gasteiger partial charge is 0.658 e. The third-order valence-corrected chi connectivity index (χ3v) is 6.20. The van der Waals surface area contributed by atoms with Gasteiger partial charge in [-0.25, -0.2) is 8.78 Å². The molecule has 0 aromatic heterocycles. The van der Waals surface area contributed by atoms with Gasteiger partial charge in [0.1, 0.15) is 11.5 Å². The minimum atomic E-state index is -4.49. The maximum Gasteiger partial charge on any atom is 0.658 e. The van der Waals surface area contributed by atoms with Crippen LogP contribution < -0.4 is 9.31 Å². The fourth-order valence-electron chi connectivity index (χ4n) is 1.87. The van der Waals surface area contributed by atoms with Crippen molar-refractivity contribution in [3.8, 4) is 11.5 Å². The zero-order chi connectivity index (χ0) is 23.4. The second kappa shape index (κ2) is 10.6. The Kier molecular flexibility index (Phi) is 8.94. The Balaban J connectivity index is 2.07. The summed E-state index contributed by atoms with van der Waals surface area (Å²) < 4.78 is 112. The summed E-state index contributed by atoms with van der Waals surface area (Å²) in [4.78, 5) is -0.264. The van der Waals surface area contributed by atoms with Crippen molar-refractivity contribution in [2.45, 2.75) is 22.1 Å². The third-order valence-electron chi connectivity index (χ3n) is 3.11. The molecule has 1 radical (unpaired) electrons. The first-order chi connectivity index (χ1) is 14.2. The van der Waals surface area contributed by atoms with E-state index in [1.807, 2.05) is 0 Å².